The van der Waals surface area contributed by atoms with Gasteiger partial charge in [-0.3, -0.25) is 9.69 Å². The highest BCUT2D eigenvalue weighted by Gasteiger charge is 2.32. The minimum atomic E-state index is 0.0783. The predicted molar refractivity (Wildman–Crippen MR) is 93.5 cm³/mol. The van der Waals surface area contributed by atoms with E-state index >= 15 is 0 Å². The number of hydrogen-bond donors (Lipinski definition) is 0. The number of amides is 1. The highest BCUT2D eigenvalue weighted by Crippen LogP contribution is 2.24. The number of rotatable bonds is 3. The van der Waals surface area contributed by atoms with Crippen LogP contribution in [0.25, 0.3) is 0 Å². The fourth-order valence-electron chi connectivity index (χ4n) is 3.94. The van der Waals surface area contributed by atoms with Crippen molar-refractivity contribution in [3.8, 4) is 5.75 Å². The van der Waals surface area contributed by atoms with E-state index in [1.807, 2.05) is 29.2 Å². The first-order valence-corrected chi connectivity index (χ1v) is 8.90. The van der Waals surface area contributed by atoms with Crippen molar-refractivity contribution in [2.45, 2.75) is 44.9 Å². The summed E-state index contributed by atoms with van der Waals surface area (Å²) in [6, 6.07) is 8.02. The van der Waals surface area contributed by atoms with Crippen molar-refractivity contribution in [1.29, 1.82) is 0 Å². The molecule has 24 heavy (non-hydrogen) atoms. The molecule has 5 heteroatoms. The first-order valence-electron chi connectivity index (χ1n) is 8.90. The quantitative estimate of drug-likeness (QED) is 0.852. The maximum absolute atomic E-state index is 12.8. The molecule has 0 spiro atoms. The van der Waals surface area contributed by atoms with Crippen LogP contribution in [-0.4, -0.2) is 67.2 Å². The highest BCUT2D eigenvalue weighted by molar-refractivity contribution is 5.97. The smallest absolute Gasteiger partial charge is 0.257 e. The SMILES string of the molecule is COc1ccccc1C(=O)N1CCC(N2C[C@@H](C)O[C@H](C)C2)CC1. The zero-order valence-electron chi connectivity index (χ0n) is 14.9. The van der Waals surface area contributed by atoms with Crippen molar-refractivity contribution in [2.75, 3.05) is 33.3 Å². The fraction of sp³-hybridized carbons (Fsp3) is 0.632. The van der Waals surface area contributed by atoms with Gasteiger partial charge < -0.3 is 14.4 Å². The Kier molecular flexibility index (Phi) is 5.41. The van der Waals surface area contributed by atoms with Crippen molar-refractivity contribution >= 4 is 5.91 Å². The van der Waals surface area contributed by atoms with E-state index < -0.39 is 0 Å². The number of hydrogen-bond acceptors (Lipinski definition) is 4. The third-order valence-corrected chi connectivity index (χ3v) is 5.05. The molecule has 3 rings (SSSR count). The molecule has 0 N–H and O–H groups in total. The third-order valence-electron chi connectivity index (χ3n) is 5.05. The average molecular weight is 332 g/mol. The van der Waals surface area contributed by atoms with Crippen molar-refractivity contribution in [3.63, 3.8) is 0 Å². The Bertz CT molecular complexity index is 559. The Balaban J connectivity index is 1.59. The first kappa shape index (κ1) is 17.2. The van der Waals surface area contributed by atoms with Crippen molar-refractivity contribution in [3.05, 3.63) is 29.8 Å². The molecule has 0 aliphatic carbocycles. The normalized spacial score (nSPS) is 26.4. The number of carbonyl (C=O) groups is 1. The second kappa shape index (κ2) is 7.53. The van der Waals surface area contributed by atoms with Gasteiger partial charge in [-0.1, -0.05) is 12.1 Å². The molecule has 2 fully saturated rings. The van der Waals surface area contributed by atoms with Crippen LogP contribution in [0.2, 0.25) is 0 Å². The van der Waals surface area contributed by atoms with Gasteiger partial charge in [0.2, 0.25) is 0 Å². The molecule has 5 nitrogen and oxygen atoms in total. The number of ether oxygens (including phenoxy) is 2. The molecule has 1 amide bonds. The van der Waals surface area contributed by atoms with Gasteiger partial charge in [-0.15, -0.1) is 0 Å². The number of piperidine rings is 1. The zero-order chi connectivity index (χ0) is 17.1. The second-order valence-electron chi connectivity index (χ2n) is 6.93. The topological polar surface area (TPSA) is 42.0 Å². The van der Waals surface area contributed by atoms with Crippen LogP contribution in [0.15, 0.2) is 24.3 Å². The molecule has 2 atom stereocenters. The number of methoxy groups -OCH3 is 1. The second-order valence-corrected chi connectivity index (χ2v) is 6.93. The van der Waals surface area contributed by atoms with Gasteiger partial charge in [0, 0.05) is 32.2 Å². The average Bonchev–Trinajstić information content (AvgIpc) is 2.60. The summed E-state index contributed by atoms with van der Waals surface area (Å²) in [6.07, 6.45) is 2.64. The Labute approximate surface area is 144 Å². The maximum atomic E-state index is 12.8. The molecule has 0 unspecified atom stereocenters. The predicted octanol–water partition coefficient (Wildman–Crippen LogP) is 2.41. The molecule has 2 aliphatic rings. The summed E-state index contributed by atoms with van der Waals surface area (Å²) in [5.74, 6) is 0.732. The van der Waals surface area contributed by atoms with E-state index in [-0.39, 0.29) is 5.91 Å². The first-order chi connectivity index (χ1) is 11.6. The number of likely N-dealkylation sites (tertiary alicyclic amines) is 1. The molecule has 132 valence electrons. The number of nitrogens with zero attached hydrogens (tertiary/aromatic N) is 2. The molecule has 0 aromatic heterocycles. The summed E-state index contributed by atoms with van der Waals surface area (Å²) in [5.41, 5.74) is 0.659. The Morgan fingerprint density at radius 3 is 2.38 bits per heavy atom. The van der Waals surface area contributed by atoms with Gasteiger partial charge in [-0.2, -0.15) is 0 Å². The van der Waals surface area contributed by atoms with Gasteiger partial charge in [-0.05, 0) is 38.8 Å². The summed E-state index contributed by atoms with van der Waals surface area (Å²) in [7, 11) is 1.61. The lowest BCUT2D eigenvalue weighted by molar-refractivity contribution is -0.0856. The molecular formula is C19H28N2O3. The summed E-state index contributed by atoms with van der Waals surface area (Å²) >= 11 is 0. The summed E-state index contributed by atoms with van der Waals surface area (Å²) < 4.78 is 11.2. The summed E-state index contributed by atoms with van der Waals surface area (Å²) in [5, 5.41) is 0. The lowest BCUT2D eigenvalue weighted by Crippen LogP contribution is -2.53. The zero-order valence-corrected chi connectivity index (χ0v) is 14.9. The van der Waals surface area contributed by atoms with Crippen LogP contribution in [0.1, 0.15) is 37.0 Å². The highest BCUT2D eigenvalue weighted by atomic mass is 16.5. The van der Waals surface area contributed by atoms with Gasteiger partial charge in [0.05, 0.1) is 24.9 Å². The Hall–Kier alpha value is -1.59. The molecule has 0 saturated carbocycles. The molecule has 0 bridgehead atoms. The molecular weight excluding hydrogens is 304 g/mol. The molecule has 0 radical (unpaired) electrons. The lowest BCUT2D eigenvalue weighted by atomic mass is 10.0. The van der Waals surface area contributed by atoms with Gasteiger partial charge in [0.15, 0.2) is 0 Å². The van der Waals surface area contributed by atoms with Crippen molar-refractivity contribution < 1.29 is 14.3 Å². The minimum Gasteiger partial charge on any atom is -0.496 e. The van der Waals surface area contributed by atoms with Gasteiger partial charge in [0.25, 0.3) is 5.91 Å². The summed E-state index contributed by atoms with van der Waals surface area (Å²) in [4.78, 5) is 17.3. The van der Waals surface area contributed by atoms with E-state index in [1.165, 1.54) is 0 Å². The third kappa shape index (κ3) is 3.73. The number of carbonyl (C=O) groups excluding carboxylic acids is 1. The van der Waals surface area contributed by atoms with Crippen LogP contribution in [0.3, 0.4) is 0 Å². The standard InChI is InChI=1S/C19H28N2O3/c1-14-12-21(13-15(2)24-14)16-8-10-20(11-9-16)19(22)17-6-4-5-7-18(17)23-3/h4-7,14-16H,8-13H2,1-3H3/t14-,15-/m1/s1. The van der Waals surface area contributed by atoms with E-state index in [0.29, 0.717) is 29.6 Å². The number of morpholine rings is 1. The lowest BCUT2D eigenvalue weighted by Gasteiger charge is -2.43. The molecule has 2 saturated heterocycles. The number of para-hydroxylation sites is 1. The largest absolute Gasteiger partial charge is 0.496 e. The Morgan fingerprint density at radius 1 is 1.12 bits per heavy atom. The van der Waals surface area contributed by atoms with Crippen LogP contribution < -0.4 is 4.74 Å². The van der Waals surface area contributed by atoms with E-state index in [1.54, 1.807) is 7.11 Å². The monoisotopic (exact) mass is 332 g/mol. The Morgan fingerprint density at radius 2 is 1.75 bits per heavy atom. The van der Waals surface area contributed by atoms with E-state index in [0.717, 1.165) is 39.0 Å². The molecule has 2 heterocycles. The molecule has 2 aliphatic heterocycles. The van der Waals surface area contributed by atoms with Gasteiger partial charge >= 0.3 is 0 Å². The van der Waals surface area contributed by atoms with Crippen molar-refractivity contribution in [1.82, 2.24) is 9.80 Å². The van der Waals surface area contributed by atoms with Crippen LogP contribution in [0.4, 0.5) is 0 Å². The van der Waals surface area contributed by atoms with Gasteiger partial charge in [-0.25, -0.2) is 0 Å². The van der Waals surface area contributed by atoms with Crippen LogP contribution in [-0.2, 0) is 4.74 Å². The molecule has 1 aromatic rings. The van der Waals surface area contributed by atoms with Crippen LogP contribution in [0, 0.1) is 0 Å². The van der Waals surface area contributed by atoms with E-state index in [2.05, 4.69) is 18.7 Å². The number of benzene rings is 1. The molecule has 1 aromatic carbocycles. The fourth-order valence-corrected chi connectivity index (χ4v) is 3.94. The van der Waals surface area contributed by atoms with E-state index in [4.69, 9.17) is 9.47 Å². The summed E-state index contributed by atoms with van der Waals surface area (Å²) in [6.45, 7) is 7.89. The van der Waals surface area contributed by atoms with Crippen LogP contribution in [0.5, 0.6) is 5.75 Å². The van der Waals surface area contributed by atoms with Gasteiger partial charge in [0.1, 0.15) is 5.75 Å². The maximum Gasteiger partial charge on any atom is 0.257 e. The van der Waals surface area contributed by atoms with Crippen LogP contribution >= 0.6 is 0 Å². The van der Waals surface area contributed by atoms with Crippen molar-refractivity contribution in [2.24, 2.45) is 0 Å². The minimum absolute atomic E-state index is 0.0783. The van der Waals surface area contributed by atoms with E-state index in [9.17, 15) is 4.79 Å².